The number of benzene rings is 1. The molecule has 4 atom stereocenters. The van der Waals surface area contributed by atoms with Crippen LogP contribution in [0.15, 0.2) is 18.2 Å². The SMILES string of the molecule is CCCCCCCC[C@@H]1[C@H]2Cc3cccc(OCC(=O)NCCN)c3C[C@H]2C[C@H]1O. The van der Waals surface area contributed by atoms with E-state index in [1.165, 1.54) is 49.7 Å². The van der Waals surface area contributed by atoms with Crippen molar-refractivity contribution in [2.45, 2.75) is 77.2 Å². The highest BCUT2D eigenvalue weighted by Gasteiger charge is 2.44. The Hall–Kier alpha value is -1.59. The van der Waals surface area contributed by atoms with Crippen molar-refractivity contribution in [2.75, 3.05) is 19.7 Å². The zero-order chi connectivity index (χ0) is 21.3. The van der Waals surface area contributed by atoms with Crippen LogP contribution in [0.1, 0.15) is 69.4 Å². The summed E-state index contributed by atoms with van der Waals surface area (Å²) < 4.78 is 5.86. The zero-order valence-electron chi connectivity index (χ0n) is 18.6. The van der Waals surface area contributed by atoms with Crippen molar-refractivity contribution in [1.82, 2.24) is 5.32 Å². The van der Waals surface area contributed by atoms with Crippen molar-refractivity contribution in [1.29, 1.82) is 0 Å². The minimum Gasteiger partial charge on any atom is -0.483 e. The van der Waals surface area contributed by atoms with Gasteiger partial charge in [-0.1, -0.05) is 57.6 Å². The molecule has 3 rings (SSSR count). The number of unbranched alkanes of at least 4 members (excludes halogenated alkanes) is 5. The van der Waals surface area contributed by atoms with Gasteiger partial charge in [-0.25, -0.2) is 0 Å². The topological polar surface area (TPSA) is 84.6 Å². The van der Waals surface area contributed by atoms with Crippen molar-refractivity contribution in [3.63, 3.8) is 0 Å². The Morgan fingerprint density at radius 2 is 2.00 bits per heavy atom. The normalized spacial score (nSPS) is 24.9. The smallest absolute Gasteiger partial charge is 0.257 e. The fraction of sp³-hybridized carbons (Fsp3) is 0.720. The quantitative estimate of drug-likeness (QED) is 0.455. The van der Waals surface area contributed by atoms with E-state index in [2.05, 4.69) is 18.3 Å². The third-order valence-corrected chi connectivity index (χ3v) is 7.06. The summed E-state index contributed by atoms with van der Waals surface area (Å²) >= 11 is 0. The molecule has 0 spiro atoms. The van der Waals surface area contributed by atoms with E-state index in [1.807, 2.05) is 12.1 Å². The molecule has 1 amide bonds. The number of hydrogen-bond acceptors (Lipinski definition) is 4. The molecule has 0 radical (unpaired) electrons. The molecule has 0 aromatic heterocycles. The Morgan fingerprint density at radius 3 is 2.80 bits per heavy atom. The first-order chi connectivity index (χ1) is 14.6. The Morgan fingerprint density at radius 1 is 1.20 bits per heavy atom. The van der Waals surface area contributed by atoms with Gasteiger partial charge in [-0.15, -0.1) is 0 Å². The predicted molar refractivity (Wildman–Crippen MR) is 120 cm³/mol. The number of carbonyl (C=O) groups excluding carboxylic acids is 1. The number of fused-ring (bicyclic) bond motifs is 2. The average molecular weight is 417 g/mol. The molecule has 30 heavy (non-hydrogen) atoms. The molecule has 0 bridgehead atoms. The van der Waals surface area contributed by atoms with E-state index >= 15 is 0 Å². The highest BCUT2D eigenvalue weighted by Crippen LogP contribution is 2.48. The van der Waals surface area contributed by atoms with Crippen LogP contribution in [0.2, 0.25) is 0 Å². The van der Waals surface area contributed by atoms with Gasteiger partial charge in [-0.05, 0) is 60.6 Å². The van der Waals surface area contributed by atoms with E-state index in [0.717, 1.165) is 31.4 Å². The lowest BCUT2D eigenvalue weighted by atomic mass is 9.73. The van der Waals surface area contributed by atoms with Crippen LogP contribution in [0, 0.1) is 17.8 Å². The number of nitrogens with two attached hydrogens (primary N) is 1. The maximum absolute atomic E-state index is 11.9. The summed E-state index contributed by atoms with van der Waals surface area (Å²) in [6, 6.07) is 6.19. The standard InChI is InChI=1S/C25H40N2O3/c1-2-3-4-5-6-7-10-20-21-14-18-9-8-11-24(30-17-25(29)27-13-12-26)22(18)15-19(21)16-23(20)28/h8-9,11,19-21,23,28H,2-7,10,12-17,26H2,1H3,(H,27,29)/t19-,20+,21-,23+/m0/s1. The van der Waals surface area contributed by atoms with Gasteiger partial charge < -0.3 is 20.9 Å². The van der Waals surface area contributed by atoms with E-state index in [0.29, 0.717) is 30.8 Å². The number of rotatable bonds is 12. The minimum absolute atomic E-state index is 0.0217. The third kappa shape index (κ3) is 5.98. The van der Waals surface area contributed by atoms with Gasteiger partial charge >= 0.3 is 0 Å². The van der Waals surface area contributed by atoms with Gasteiger partial charge in [0.25, 0.3) is 5.91 Å². The zero-order valence-corrected chi connectivity index (χ0v) is 18.6. The Kier molecular flexibility index (Phi) is 9.01. The Labute approximate surface area is 181 Å². The molecule has 1 fully saturated rings. The summed E-state index contributed by atoms with van der Waals surface area (Å²) in [6.07, 6.45) is 11.7. The van der Waals surface area contributed by atoms with Crippen molar-refractivity contribution < 1.29 is 14.6 Å². The highest BCUT2D eigenvalue weighted by molar-refractivity contribution is 5.77. The number of ether oxygens (including phenoxy) is 1. The molecule has 1 aromatic carbocycles. The first kappa shape index (κ1) is 23.1. The summed E-state index contributed by atoms with van der Waals surface area (Å²) in [7, 11) is 0. The van der Waals surface area contributed by atoms with E-state index in [-0.39, 0.29) is 18.6 Å². The molecule has 0 heterocycles. The molecule has 0 aliphatic heterocycles. The van der Waals surface area contributed by atoms with Gasteiger partial charge in [0.15, 0.2) is 6.61 Å². The monoisotopic (exact) mass is 416 g/mol. The largest absolute Gasteiger partial charge is 0.483 e. The summed E-state index contributed by atoms with van der Waals surface area (Å²) in [5, 5.41) is 13.5. The van der Waals surface area contributed by atoms with Gasteiger partial charge in [-0.2, -0.15) is 0 Å². The molecular weight excluding hydrogens is 376 g/mol. The van der Waals surface area contributed by atoms with Crippen molar-refractivity contribution >= 4 is 5.91 Å². The first-order valence-corrected chi connectivity index (χ1v) is 12.0. The van der Waals surface area contributed by atoms with Crippen molar-refractivity contribution in [3.8, 4) is 5.75 Å². The lowest BCUT2D eigenvalue weighted by molar-refractivity contribution is -0.123. The molecule has 5 nitrogen and oxygen atoms in total. The van der Waals surface area contributed by atoms with E-state index < -0.39 is 0 Å². The second-order valence-electron chi connectivity index (χ2n) is 9.18. The maximum atomic E-state index is 11.9. The van der Waals surface area contributed by atoms with Crippen LogP contribution in [0.25, 0.3) is 0 Å². The molecule has 1 aromatic rings. The van der Waals surface area contributed by atoms with Gasteiger partial charge in [-0.3, -0.25) is 4.79 Å². The maximum Gasteiger partial charge on any atom is 0.257 e. The third-order valence-electron chi connectivity index (χ3n) is 7.06. The molecular formula is C25H40N2O3. The predicted octanol–water partition coefficient (Wildman–Crippen LogP) is 3.60. The lowest BCUT2D eigenvalue weighted by Crippen LogP contribution is -2.33. The fourth-order valence-corrected chi connectivity index (χ4v) is 5.51. The molecule has 0 saturated heterocycles. The minimum atomic E-state index is -0.170. The Bertz CT molecular complexity index is 678. The second-order valence-corrected chi connectivity index (χ2v) is 9.18. The molecule has 1 saturated carbocycles. The number of carbonyl (C=O) groups is 1. The highest BCUT2D eigenvalue weighted by atomic mass is 16.5. The number of amides is 1. The van der Waals surface area contributed by atoms with Crippen molar-refractivity contribution in [2.24, 2.45) is 23.5 Å². The van der Waals surface area contributed by atoms with E-state index in [9.17, 15) is 9.90 Å². The Balaban J connectivity index is 1.56. The average Bonchev–Trinajstić information content (AvgIpc) is 3.05. The van der Waals surface area contributed by atoms with Gasteiger partial charge in [0.2, 0.25) is 0 Å². The van der Waals surface area contributed by atoms with E-state index in [1.54, 1.807) is 0 Å². The number of hydrogen-bond donors (Lipinski definition) is 3. The molecule has 4 N–H and O–H groups in total. The molecule has 5 heteroatoms. The van der Waals surface area contributed by atoms with Crippen molar-refractivity contribution in [3.05, 3.63) is 29.3 Å². The summed E-state index contributed by atoms with van der Waals surface area (Å²) in [5.41, 5.74) is 7.99. The van der Waals surface area contributed by atoms with Crippen LogP contribution in [-0.4, -0.2) is 36.8 Å². The van der Waals surface area contributed by atoms with Crippen LogP contribution < -0.4 is 15.8 Å². The summed E-state index contributed by atoms with van der Waals surface area (Å²) in [5.74, 6) is 2.21. The van der Waals surface area contributed by atoms with Gasteiger partial charge in [0.1, 0.15) is 5.75 Å². The molecule has 2 aliphatic rings. The van der Waals surface area contributed by atoms with Gasteiger partial charge in [0, 0.05) is 13.1 Å². The molecule has 0 unspecified atom stereocenters. The number of nitrogens with one attached hydrogen (secondary N) is 1. The van der Waals surface area contributed by atoms with Crippen LogP contribution in [-0.2, 0) is 17.6 Å². The van der Waals surface area contributed by atoms with E-state index in [4.69, 9.17) is 10.5 Å². The molecule has 168 valence electrons. The fourth-order valence-electron chi connectivity index (χ4n) is 5.51. The summed E-state index contributed by atoms with van der Waals surface area (Å²) in [6.45, 7) is 3.17. The molecule has 2 aliphatic carbocycles. The summed E-state index contributed by atoms with van der Waals surface area (Å²) in [4.78, 5) is 11.9. The van der Waals surface area contributed by atoms with Crippen LogP contribution in [0.4, 0.5) is 0 Å². The lowest BCUT2D eigenvalue weighted by Gasteiger charge is -2.32. The first-order valence-electron chi connectivity index (χ1n) is 12.0. The van der Waals surface area contributed by atoms with Crippen LogP contribution in [0.5, 0.6) is 5.75 Å². The van der Waals surface area contributed by atoms with Crippen LogP contribution >= 0.6 is 0 Å². The number of aliphatic hydroxyl groups excluding tert-OH is 1. The van der Waals surface area contributed by atoms with Crippen LogP contribution in [0.3, 0.4) is 0 Å². The second kappa shape index (κ2) is 11.7. The van der Waals surface area contributed by atoms with Gasteiger partial charge in [0.05, 0.1) is 6.10 Å². The number of aliphatic hydroxyl groups is 1.